The van der Waals surface area contributed by atoms with Gasteiger partial charge < -0.3 is 4.42 Å². The van der Waals surface area contributed by atoms with Crippen LogP contribution in [-0.4, -0.2) is 14.3 Å². The van der Waals surface area contributed by atoms with Crippen molar-refractivity contribution in [1.82, 2.24) is 9.38 Å². The number of nitro groups is 1. The maximum Gasteiger partial charge on any atom is 0.282 e. The van der Waals surface area contributed by atoms with E-state index in [0.29, 0.717) is 36.8 Å². The van der Waals surface area contributed by atoms with Crippen LogP contribution in [0.1, 0.15) is 29.0 Å². The number of aromatic nitrogens is 2. The van der Waals surface area contributed by atoms with Crippen LogP contribution in [0.3, 0.4) is 0 Å². The van der Waals surface area contributed by atoms with Crippen molar-refractivity contribution in [2.24, 2.45) is 0 Å². The smallest absolute Gasteiger partial charge is 0.282 e. The van der Waals surface area contributed by atoms with Gasteiger partial charge in [0.05, 0.1) is 10.3 Å². The van der Waals surface area contributed by atoms with Gasteiger partial charge in [0.1, 0.15) is 20.9 Å². The minimum absolute atomic E-state index is 0.00204. The van der Waals surface area contributed by atoms with Gasteiger partial charge in [-0.3, -0.25) is 19.7 Å². The van der Waals surface area contributed by atoms with Gasteiger partial charge in [-0.1, -0.05) is 11.3 Å². The van der Waals surface area contributed by atoms with E-state index in [0.717, 1.165) is 42.6 Å². The molecule has 5 aromatic rings. The summed E-state index contributed by atoms with van der Waals surface area (Å²) in [4.78, 5) is 42.8. The summed E-state index contributed by atoms with van der Waals surface area (Å²) in [6.45, 7) is 0. The van der Waals surface area contributed by atoms with E-state index in [2.05, 4.69) is 4.98 Å². The molecule has 0 fully saturated rings. The summed E-state index contributed by atoms with van der Waals surface area (Å²) in [7, 11) is 0. The highest BCUT2D eigenvalue weighted by Gasteiger charge is 2.22. The molecule has 4 heterocycles. The number of thiazole rings is 1. The molecule has 0 aliphatic heterocycles. The molecule has 33 heavy (non-hydrogen) atoms. The first-order valence-electron chi connectivity index (χ1n) is 10.4. The second-order valence-electron chi connectivity index (χ2n) is 7.85. The summed E-state index contributed by atoms with van der Waals surface area (Å²) in [5.41, 5.74) is 1.26. The van der Waals surface area contributed by atoms with Gasteiger partial charge in [-0.15, -0.1) is 11.3 Å². The molecule has 0 saturated heterocycles. The number of fused-ring (bicyclic) bond motifs is 5. The molecule has 0 unspecified atom stereocenters. The van der Waals surface area contributed by atoms with Gasteiger partial charge in [0.2, 0.25) is 4.96 Å². The van der Waals surface area contributed by atoms with E-state index in [-0.39, 0.29) is 16.8 Å². The van der Waals surface area contributed by atoms with E-state index in [1.54, 1.807) is 34.7 Å². The van der Waals surface area contributed by atoms with Crippen LogP contribution < -0.4 is 15.7 Å². The van der Waals surface area contributed by atoms with Crippen LogP contribution in [0.5, 0.6) is 0 Å². The van der Waals surface area contributed by atoms with Crippen molar-refractivity contribution in [3.63, 3.8) is 0 Å². The third-order valence-corrected chi connectivity index (χ3v) is 8.08. The molecule has 4 aromatic heterocycles. The maximum absolute atomic E-state index is 13.3. The lowest BCUT2D eigenvalue weighted by atomic mass is 9.97. The molecular formula is C23H15N3O5S2. The fraction of sp³-hybridized carbons (Fsp3) is 0.174. The summed E-state index contributed by atoms with van der Waals surface area (Å²) in [6.07, 6.45) is 5.57. The standard InChI is InChI=1S/C23H15N3O5S2/c27-20-19-15-3-1-2-4-17(15)32-22(19)25-21(28)18(33-23(25)24-20)11-14-9-10-16(31-14)12-5-7-13(8-6-12)26(29)30/h5-11H,1-4H2. The molecule has 0 radical (unpaired) electrons. The number of hydrogen-bond donors (Lipinski definition) is 0. The van der Waals surface area contributed by atoms with Gasteiger partial charge >= 0.3 is 0 Å². The van der Waals surface area contributed by atoms with Crippen molar-refractivity contribution < 1.29 is 9.34 Å². The van der Waals surface area contributed by atoms with E-state index in [1.807, 2.05) is 0 Å². The van der Waals surface area contributed by atoms with Crippen molar-refractivity contribution in [3.05, 3.63) is 88.0 Å². The predicted molar refractivity (Wildman–Crippen MR) is 127 cm³/mol. The highest BCUT2D eigenvalue weighted by Crippen LogP contribution is 2.34. The Morgan fingerprint density at radius 2 is 1.85 bits per heavy atom. The van der Waals surface area contributed by atoms with Crippen LogP contribution in [0.25, 0.3) is 32.6 Å². The number of aryl methyl sites for hydroxylation is 2. The average Bonchev–Trinajstić information content (AvgIpc) is 3.50. The number of rotatable bonds is 3. The Kier molecular flexibility index (Phi) is 4.52. The van der Waals surface area contributed by atoms with Gasteiger partial charge in [-0.2, -0.15) is 4.98 Å². The van der Waals surface area contributed by atoms with Gasteiger partial charge in [-0.25, -0.2) is 4.40 Å². The zero-order valence-electron chi connectivity index (χ0n) is 17.1. The van der Waals surface area contributed by atoms with E-state index < -0.39 is 4.92 Å². The minimum Gasteiger partial charge on any atom is -0.457 e. The first-order chi connectivity index (χ1) is 16.0. The second kappa shape index (κ2) is 7.46. The molecule has 0 bridgehead atoms. The number of benzene rings is 1. The Bertz CT molecular complexity index is 1740. The van der Waals surface area contributed by atoms with Crippen LogP contribution in [0.15, 0.2) is 50.4 Å². The number of thiophene rings is 1. The average molecular weight is 478 g/mol. The molecule has 1 aliphatic carbocycles. The molecule has 0 spiro atoms. The Balaban J connectivity index is 1.46. The molecule has 0 saturated carbocycles. The molecule has 0 N–H and O–H groups in total. The van der Waals surface area contributed by atoms with E-state index >= 15 is 0 Å². The van der Waals surface area contributed by atoms with Gasteiger partial charge in [0.25, 0.3) is 16.8 Å². The van der Waals surface area contributed by atoms with Crippen molar-refractivity contribution in [2.45, 2.75) is 25.7 Å². The molecule has 164 valence electrons. The maximum atomic E-state index is 13.3. The highest BCUT2D eigenvalue weighted by molar-refractivity contribution is 7.19. The minimum atomic E-state index is -0.456. The summed E-state index contributed by atoms with van der Waals surface area (Å²) < 4.78 is 7.83. The monoisotopic (exact) mass is 477 g/mol. The quantitative estimate of drug-likeness (QED) is 0.288. The van der Waals surface area contributed by atoms with Crippen LogP contribution in [0.4, 0.5) is 5.69 Å². The van der Waals surface area contributed by atoms with Crippen LogP contribution in [-0.2, 0) is 12.8 Å². The zero-order valence-corrected chi connectivity index (χ0v) is 18.7. The second-order valence-corrected chi connectivity index (χ2v) is 9.94. The lowest BCUT2D eigenvalue weighted by Crippen LogP contribution is -2.24. The third kappa shape index (κ3) is 3.21. The Morgan fingerprint density at radius 1 is 1.06 bits per heavy atom. The van der Waals surface area contributed by atoms with Gasteiger partial charge in [0, 0.05) is 28.6 Å². The molecule has 0 amide bonds. The predicted octanol–water partition coefficient (Wildman–Crippen LogP) is 3.93. The molecule has 1 aromatic carbocycles. The summed E-state index contributed by atoms with van der Waals surface area (Å²) in [5, 5.41) is 11.4. The van der Waals surface area contributed by atoms with E-state index in [4.69, 9.17) is 4.42 Å². The van der Waals surface area contributed by atoms with E-state index in [9.17, 15) is 19.7 Å². The lowest BCUT2D eigenvalue weighted by molar-refractivity contribution is -0.384. The molecule has 8 nitrogen and oxygen atoms in total. The Hall–Kier alpha value is -3.63. The molecule has 0 atom stereocenters. The highest BCUT2D eigenvalue weighted by atomic mass is 32.1. The van der Waals surface area contributed by atoms with Crippen LogP contribution in [0, 0.1) is 10.1 Å². The Labute approximate surface area is 193 Å². The topological polar surface area (TPSA) is 108 Å². The lowest BCUT2D eigenvalue weighted by Gasteiger charge is -2.09. The fourth-order valence-electron chi connectivity index (χ4n) is 4.26. The number of nitro benzene ring substituents is 1. The SMILES string of the molecule is O=c1nc2sc(=Cc3ccc(-c4ccc([N+](=O)[O-])cc4)o3)c(=O)n2c2sc3c(c12)CCCC3. The van der Waals surface area contributed by atoms with Crippen LogP contribution >= 0.6 is 22.7 Å². The van der Waals surface area contributed by atoms with Crippen molar-refractivity contribution in [1.29, 1.82) is 0 Å². The van der Waals surface area contributed by atoms with Gasteiger partial charge in [0.15, 0.2) is 0 Å². The van der Waals surface area contributed by atoms with Crippen molar-refractivity contribution in [2.75, 3.05) is 0 Å². The first kappa shape index (κ1) is 20.0. The Morgan fingerprint density at radius 3 is 2.64 bits per heavy atom. The normalized spacial score (nSPS) is 14.2. The zero-order chi connectivity index (χ0) is 22.7. The number of hydrogen-bond acceptors (Lipinski definition) is 8. The van der Waals surface area contributed by atoms with Crippen LogP contribution in [0.2, 0.25) is 0 Å². The number of nitrogens with zero attached hydrogens (tertiary/aromatic N) is 3. The molecule has 6 rings (SSSR count). The molecule has 10 heteroatoms. The molecular weight excluding hydrogens is 462 g/mol. The number of non-ortho nitro benzene ring substituents is 1. The summed E-state index contributed by atoms with van der Waals surface area (Å²) >= 11 is 2.69. The summed E-state index contributed by atoms with van der Waals surface area (Å²) in [6, 6.07) is 9.54. The summed E-state index contributed by atoms with van der Waals surface area (Å²) in [5.74, 6) is 1.00. The number of furan rings is 1. The molecule has 1 aliphatic rings. The van der Waals surface area contributed by atoms with Crippen molar-refractivity contribution in [3.8, 4) is 11.3 Å². The fourth-order valence-corrected chi connectivity index (χ4v) is 6.64. The third-order valence-electron chi connectivity index (χ3n) is 5.84. The van der Waals surface area contributed by atoms with E-state index in [1.165, 1.54) is 28.3 Å². The largest absolute Gasteiger partial charge is 0.457 e. The first-order valence-corrected chi connectivity index (χ1v) is 12.0. The van der Waals surface area contributed by atoms with Gasteiger partial charge in [-0.05, 0) is 55.5 Å². The van der Waals surface area contributed by atoms with Crippen molar-refractivity contribution >= 4 is 49.6 Å².